The Morgan fingerprint density at radius 1 is 1.60 bits per heavy atom. The molecule has 10 heavy (non-hydrogen) atoms. The number of carbonyl (C=O) groups is 1. The zero-order valence-corrected chi connectivity index (χ0v) is 7.72. The largest absolute Gasteiger partial charge is 0.288 e. The summed E-state index contributed by atoms with van der Waals surface area (Å²) in [5, 5.41) is -0.0969. The van der Waals surface area contributed by atoms with Crippen LogP contribution in [0.4, 0.5) is 0 Å². The molecule has 3 nitrogen and oxygen atoms in total. The van der Waals surface area contributed by atoms with Gasteiger partial charge in [0.15, 0.2) is 5.12 Å². The summed E-state index contributed by atoms with van der Waals surface area (Å²) in [5.74, 6) is 0.0833. The summed E-state index contributed by atoms with van der Waals surface area (Å²) in [7, 11) is 1.44. The Kier molecular flexibility index (Phi) is 4.31. The summed E-state index contributed by atoms with van der Waals surface area (Å²) in [5.41, 5.74) is 0. The van der Waals surface area contributed by atoms with Crippen molar-refractivity contribution < 1.29 is 13.2 Å². The molecule has 0 amide bonds. The molecular formula is C4H7ClO3S2. The van der Waals surface area contributed by atoms with Crippen molar-refractivity contribution in [3.63, 3.8) is 0 Å². The second kappa shape index (κ2) is 4.20. The monoisotopic (exact) mass is 202 g/mol. The van der Waals surface area contributed by atoms with Crippen LogP contribution in [0.3, 0.4) is 0 Å². The fourth-order valence-corrected chi connectivity index (χ4v) is 2.27. The molecule has 6 heteroatoms. The third-order valence-corrected chi connectivity index (χ3v) is 2.86. The molecule has 0 aliphatic heterocycles. The van der Waals surface area contributed by atoms with Crippen LogP contribution in [0.5, 0.6) is 0 Å². The smallest absolute Gasteiger partial charge is 0.233 e. The zero-order chi connectivity index (χ0) is 8.20. The molecule has 0 aromatic rings. The van der Waals surface area contributed by atoms with Crippen LogP contribution in [-0.2, 0) is 13.8 Å². The third-order valence-electron chi connectivity index (χ3n) is 0.632. The van der Waals surface area contributed by atoms with Gasteiger partial charge in [-0.25, -0.2) is 8.42 Å². The van der Waals surface area contributed by atoms with Gasteiger partial charge in [0.25, 0.3) is 0 Å². The molecule has 0 atom stereocenters. The van der Waals surface area contributed by atoms with E-state index in [0.717, 1.165) is 11.8 Å². The van der Waals surface area contributed by atoms with Gasteiger partial charge in [0, 0.05) is 23.4 Å². The number of halogens is 1. The van der Waals surface area contributed by atoms with Crippen molar-refractivity contribution in [3.8, 4) is 0 Å². The summed E-state index contributed by atoms with van der Waals surface area (Å²) < 4.78 is 20.5. The van der Waals surface area contributed by atoms with Crippen molar-refractivity contribution in [2.45, 2.75) is 6.92 Å². The minimum Gasteiger partial charge on any atom is -0.288 e. The maximum absolute atomic E-state index is 10.3. The van der Waals surface area contributed by atoms with Gasteiger partial charge in [-0.3, -0.25) is 4.79 Å². The average Bonchev–Trinajstić information content (AvgIpc) is 1.59. The highest BCUT2D eigenvalue weighted by molar-refractivity contribution is 8.16. The quantitative estimate of drug-likeness (QED) is 0.637. The van der Waals surface area contributed by atoms with E-state index in [1.54, 1.807) is 0 Å². The van der Waals surface area contributed by atoms with E-state index >= 15 is 0 Å². The minimum absolute atomic E-state index is 0.0969. The van der Waals surface area contributed by atoms with E-state index in [1.807, 2.05) is 0 Å². The van der Waals surface area contributed by atoms with Crippen molar-refractivity contribution in [1.82, 2.24) is 0 Å². The Morgan fingerprint density at radius 2 is 2.10 bits per heavy atom. The lowest BCUT2D eigenvalue weighted by atomic mass is 10.9. The van der Waals surface area contributed by atoms with Gasteiger partial charge in [0.2, 0.25) is 9.05 Å². The Labute approximate surface area is 68.6 Å². The Hall–Kier alpha value is 0.260. The Balaban J connectivity index is 3.49. The predicted molar refractivity (Wildman–Crippen MR) is 42.8 cm³/mol. The average molecular weight is 203 g/mol. The molecule has 0 heterocycles. The molecule has 0 saturated heterocycles. The van der Waals surface area contributed by atoms with Gasteiger partial charge in [0.05, 0.1) is 5.75 Å². The maximum Gasteiger partial charge on any atom is 0.233 e. The van der Waals surface area contributed by atoms with Crippen molar-refractivity contribution in [2.24, 2.45) is 0 Å². The number of carbonyl (C=O) groups excluding carboxylic acids is 1. The molecule has 0 fully saturated rings. The standard InChI is InChI=1S/C4H7ClO3S2/c1-4(6)9-2-3-10(5,7)8/h2-3H2,1H3. The van der Waals surface area contributed by atoms with Gasteiger partial charge in [-0.1, -0.05) is 11.8 Å². The highest BCUT2D eigenvalue weighted by atomic mass is 35.7. The lowest BCUT2D eigenvalue weighted by Crippen LogP contribution is -2.00. The van der Waals surface area contributed by atoms with E-state index in [4.69, 9.17) is 10.7 Å². The van der Waals surface area contributed by atoms with Crippen LogP contribution >= 0.6 is 22.4 Å². The van der Waals surface area contributed by atoms with Crippen LogP contribution in [0.15, 0.2) is 0 Å². The van der Waals surface area contributed by atoms with E-state index in [9.17, 15) is 13.2 Å². The van der Waals surface area contributed by atoms with E-state index in [2.05, 4.69) is 0 Å². The molecule has 0 N–H and O–H groups in total. The van der Waals surface area contributed by atoms with Crippen molar-refractivity contribution in [1.29, 1.82) is 0 Å². The second-order valence-electron chi connectivity index (χ2n) is 1.58. The summed E-state index contributed by atoms with van der Waals surface area (Å²) >= 11 is 0.956. The first-order valence-corrected chi connectivity index (χ1v) is 5.94. The SMILES string of the molecule is CC(=O)SCCS(=O)(=O)Cl. The van der Waals surface area contributed by atoms with Crippen molar-refractivity contribution >= 4 is 36.6 Å². The van der Waals surface area contributed by atoms with Gasteiger partial charge < -0.3 is 0 Å². The highest BCUT2D eigenvalue weighted by Crippen LogP contribution is 2.04. The number of thioether (sulfide) groups is 1. The Bertz CT molecular complexity index is 209. The Morgan fingerprint density at radius 3 is 2.40 bits per heavy atom. The highest BCUT2D eigenvalue weighted by Gasteiger charge is 2.04. The van der Waals surface area contributed by atoms with Gasteiger partial charge >= 0.3 is 0 Å². The van der Waals surface area contributed by atoms with Crippen LogP contribution in [0.1, 0.15) is 6.92 Å². The minimum atomic E-state index is -3.42. The molecule has 0 aliphatic rings. The van der Waals surface area contributed by atoms with E-state index < -0.39 is 9.05 Å². The van der Waals surface area contributed by atoms with Crippen LogP contribution < -0.4 is 0 Å². The van der Waals surface area contributed by atoms with Gasteiger partial charge in [0.1, 0.15) is 0 Å². The van der Waals surface area contributed by atoms with Crippen molar-refractivity contribution in [2.75, 3.05) is 11.5 Å². The molecule has 60 valence electrons. The normalized spacial score (nSPS) is 11.4. The lowest BCUT2D eigenvalue weighted by molar-refractivity contribution is -0.109. The first-order valence-electron chi connectivity index (χ1n) is 2.47. The predicted octanol–water partition coefficient (Wildman–Crippen LogP) is 0.835. The molecule has 0 unspecified atom stereocenters. The molecule has 0 rings (SSSR count). The van der Waals surface area contributed by atoms with Gasteiger partial charge in [-0.05, 0) is 0 Å². The number of hydrogen-bond acceptors (Lipinski definition) is 4. The third kappa shape index (κ3) is 8.26. The molecule has 0 spiro atoms. The molecule has 0 aliphatic carbocycles. The first-order chi connectivity index (χ1) is 4.42. The molecule has 0 radical (unpaired) electrons. The molecule has 0 aromatic heterocycles. The summed E-state index contributed by atoms with van der Waals surface area (Å²) in [6.45, 7) is 1.38. The van der Waals surface area contributed by atoms with E-state index in [-0.39, 0.29) is 16.6 Å². The first kappa shape index (κ1) is 10.3. The second-order valence-corrected chi connectivity index (χ2v) is 5.75. The van der Waals surface area contributed by atoms with Gasteiger partial charge in [-0.2, -0.15) is 0 Å². The maximum atomic E-state index is 10.3. The molecule has 0 saturated carbocycles. The molecular weight excluding hydrogens is 196 g/mol. The van der Waals surface area contributed by atoms with Crippen LogP contribution in [0.2, 0.25) is 0 Å². The number of hydrogen-bond donors (Lipinski definition) is 0. The summed E-state index contributed by atoms with van der Waals surface area (Å²) in [6, 6.07) is 0. The summed E-state index contributed by atoms with van der Waals surface area (Å²) in [4.78, 5) is 10.3. The molecule has 0 bridgehead atoms. The van der Waals surface area contributed by atoms with Crippen molar-refractivity contribution in [3.05, 3.63) is 0 Å². The lowest BCUT2D eigenvalue weighted by Gasteiger charge is -1.91. The van der Waals surface area contributed by atoms with E-state index in [0.29, 0.717) is 0 Å². The number of rotatable bonds is 3. The van der Waals surface area contributed by atoms with Crippen LogP contribution in [-0.4, -0.2) is 25.0 Å². The fourth-order valence-electron chi connectivity index (χ4n) is 0.285. The van der Waals surface area contributed by atoms with Gasteiger partial charge in [-0.15, -0.1) is 0 Å². The fraction of sp³-hybridized carbons (Fsp3) is 0.750. The van der Waals surface area contributed by atoms with E-state index in [1.165, 1.54) is 6.92 Å². The molecule has 0 aromatic carbocycles. The van der Waals surface area contributed by atoms with Crippen LogP contribution in [0.25, 0.3) is 0 Å². The summed E-state index contributed by atoms with van der Waals surface area (Å²) in [6.07, 6.45) is 0. The topological polar surface area (TPSA) is 51.2 Å². The zero-order valence-electron chi connectivity index (χ0n) is 5.33. The van der Waals surface area contributed by atoms with Crippen LogP contribution in [0, 0.1) is 0 Å².